The van der Waals surface area contributed by atoms with E-state index in [2.05, 4.69) is 10.2 Å². The number of para-hydroxylation sites is 1. The number of anilines is 2. The van der Waals surface area contributed by atoms with Crippen molar-refractivity contribution in [3.8, 4) is 11.8 Å². The summed E-state index contributed by atoms with van der Waals surface area (Å²) >= 11 is 0. The zero-order valence-electron chi connectivity index (χ0n) is 23.1. The summed E-state index contributed by atoms with van der Waals surface area (Å²) in [6.45, 7) is 6.80. The van der Waals surface area contributed by atoms with Crippen LogP contribution in [0.2, 0.25) is 0 Å². The quantitative estimate of drug-likeness (QED) is 0.330. The number of carbonyl (C=O) groups excluding carboxylic acids is 1. The summed E-state index contributed by atoms with van der Waals surface area (Å²) in [5.41, 5.74) is 3.59. The molecule has 2 fully saturated rings. The van der Waals surface area contributed by atoms with Crippen LogP contribution in [0, 0.1) is 31.0 Å². The number of hydrogen-bond acceptors (Lipinski definition) is 6. The molecule has 3 heterocycles. The fraction of sp³-hybridized carbons (Fsp3) is 0.333. The third-order valence-corrected chi connectivity index (χ3v) is 9.39. The average molecular weight is 578 g/mol. The third kappa shape index (κ3) is 5.77. The second kappa shape index (κ2) is 11.9. The molecule has 5 rings (SSSR count). The molecular formula is C30H32FN5O4S. The smallest absolute Gasteiger partial charge is 0.266 e. The van der Waals surface area contributed by atoms with E-state index in [1.165, 1.54) is 28.6 Å². The lowest BCUT2D eigenvalue weighted by Gasteiger charge is -2.28. The zero-order chi connectivity index (χ0) is 29.1. The Morgan fingerprint density at radius 2 is 1.73 bits per heavy atom. The molecule has 1 amide bonds. The van der Waals surface area contributed by atoms with Crippen LogP contribution in [0.15, 0.2) is 59.0 Å². The molecule has 0 atom stereocenters. The van der Waals surface area contributed by atoms with E-state index >= 15 is 0 Å². The molecule has 9 nitrogen and oxygen atoms in total. The highest BCUT2D eigenvalue weighted by atomic mass is 32.2. The second-order valence-electron chi connectivity index (χ2n) is 10.1. The number of ether oxygens (including phenoxy) is 1. The van der Waals surface area contributed by atoms with Crippen LogP contribution in [-0.2, 0) is 19.6 Å². The highest BCUT2D eigenvalue weighted by Crippen LogP contribution is 2.34. The number of carbonyl (C=O) groups is 1. The molecule has 214 valence electrons. The van der Waals surface area contributed by atoms with E-state index in [-0.39, 0.29) is 16.2 Å². The Kier molecular flexibility index (Phi) is 8.26. The topological polar surface area (TPSA) is 108 Å². The third-order valence-electron chi connectivity index (χ3n) is 7.50. The molecule has 0 aliphatic carbocycles. The Morgan fingerprint density at radius 3 is 2.41 bits per heavy atom. The van der Waals surface area contributed by atoms with Gasteiger partial charge in [-0.2, -0.15) is 9.57 Å². The van der Waals surface area contributed by atoms with Gasteiger partial charge < -0.3 is 19.5 Å². The van der Waals surface area contributed by atoms with Gasteiger partial charge in [-0.3, -0.25) is 4.79 Å². The van der Waals surface area contributed by atoms with E-state index < -0.39 is 21.7 Å². The largest absolute Gasteiger partial charge is 0.379 e. The molecule has 0 unspecified atom stereocenters. The lowest BCUT2D eigenvalue weighted by molar-refractivity contribution is -0.112. The molecule has 0 saturated carbocycles. The first kappa shape index (κ1) is 28.5. The van der Waals surface area contributed by atoms with Crippen molar-refractivity contribution in [1.82, 2.24) is 8.87 Å². The highest BCUT2D eigenvalue weighted by molar-refractivity contribution is 7.89. The van der Waals surface area contributed by atoms with E-state index in [0.29, 0.717) is 37.6 Å². The van der Waals surface area contributed by atoms with Gasteiger partial charge in [0.25, 0.3) is 5.91 Å². The van der Waals surface area contributed by atoms with Gasteiger partial charge in [0.15, 0.2) is 0 Å². The molecular weight excluding hydrogens is 545 g/mol. The number of aromatic nitrogens is 1. The van der Waals surface area contributed by atoms with Gasteiger partial charge in [-0.25, -0.2) is 12.8 Å². The summed E-state index contributed by atoms with van der Waals surface area (Å²) in [5, 5.41) is 12.2. The number of nitrogens with zero attached hydrogens (tertiary/aromatic N) is 4. The first-order valence-corrected chi connectivity index (χ1v) is 15.0. The van der Waals surface area contributed by atoms with Crippen LogP contribution in [0.3, 0.4) is 0 Å². The standard InChI is InChI=1S/C30H32FN5O4S/c1-21-17-23(18-24(20-32)30(37)33-27-8-4-3-7-26(27)31)22(2)36(21)29-19-25(9-10-28(29)34-11-5-6-12-34)41(38,39)35-13-15-40-16-14-35/h3-4,7-10,17-19H,5-6,11-16H2,1-2H3,(H,33,37). The predicted molar refractivity (Wildman–Crippen MR) is 155 cm³/mol. The maximum atomic E-state index is 14.1. The van der Waals surface area contributed by atoms with Gasteiger partial charge in [-0.1, -0.05) is 12.1 Å². The molecule has 2 saturated heterocycles. The van der Waals surface area contributed by atoms with Crippen LogP contribution in [0.1, 0.15) is 29.8 Å². The highest BCUT2D eigenvalue weighted by Gasteiger charge is 2.29. The van der Waals surface area contributed by atoms with E-state index in [0.717, 1.165) is 43.0 Å². The zero-order valence-corrected chi connectivity index (χ0v) is 23.9. The summed E-state index contributed by atoms with van der Waals surface area (Å²) in [6.07, 6.45) is 3.57. The number of rotatable bonds is 7. The summed E-state index contributed by atoms with van der Waals surface area (Å²) in [4.78, 5) is 15.3. The Hall–Kier alpha value is -3.98. The SMILES string of the molecule is Cc1cc(C=C(C#N)C(=O)Nc2ccccc2F)c(C)n1-c1cc(S(=O)(=O)N2CCOCC2)ccc1N1CCCC1. The van der Waals surface area contributed by atoms with Crippen molar-refractivity contribution in [3.63, 3.8) is 0 Å². The number of hydrogen-bond donors (Lipinski definition) is 1. The van der Waals surface area contributed by atoms with Crippen LogP contribution in [0.4, 0.5) is 15.8 Å². The number of benzene rings is 2. The van der Waals surface area contributed by atoms with Gasteiger partial charge in [-0.05, 0) is 74.7 Å². The molecule has 3 aromatic rings. The molecule has 2 aliphatic rings. The van der Waals surface area contributed by atoms with Gasteiger partial charge in [-0.15, -0.1) is 0 Å². The Bertz CT molecular complexity index is 1650. The van der Waals surface area contributed by atoms with Crippen molar-refractivity contribution < 1.29 is 22.3 Å². The number of morpholine rings is 1. The molecule has 0 bridgehead atoms. The Morgan fingerprint density at radius 1 is 1.02 bits per heavy atom. The van der Waals surface area contributed by atoms with Crippen LogP contribution in [0.5, 0.6) is 0 Å². The predicted octanol–water partition coefficient (Wildman–Crippen LogP) is 4.40. The minimum atomic E-state index is -3.74. The average Bonchev–Trinajstić information content (AvgIpc) is 3.60. The molecule has 2 aliphatic heterocycles. The van der Waals surface area contributed by atoms with E-state index in [1.807, 2.05) is 36.6 Å². The van der Waals surface area contributed by atoms with E-state index in [9.17, 15) is 22.9 Å². The van der Waals surface area contributed by atoms with E-state index in [4.69, 9.17) is 4.74 Å². The molecule has 41 heavy (non-hydrogen) atoms. The van der Waals surface area contributed by atoms with Crippen LogP contribution >= 0.6 is 0 Å². The Labute approximate surface area is 239 Å². The lowest BCUT2D eigenvalue weighted by atomic mass is 10.1. The van der Waals surface area contributed by atoms with Crippen molar-refractivity contribution in [2.24, 2.45) is 0 Å². The maximum Gasteiger partial charge on any atom is 0.266 e. The number of sulfonamides is 1. The van der Waals surface area contributed by atoms with Gasteiger partial charge in [0.05, 0.1) is 35.2 Å². The van der Waals surface area contributed by atoms with Crippen molar-refractivity contribution in [1.29, 1.82) is 5.26 Å². The summed E-state index contributed by atoms with van der Waals surface area (Å²) in [7, 11) is -3.74. The lowest BCUT2D eigenvalue weighted by Crippen LogP contribution is -2.40. The fourth-order valence-corrected chi connectivity index (χ4v) is 6.79. The van der Waals surface area contributed by atoms with Crippen molar-refractivity contribution in [3.05, 3.63) is 76.9 Å². The van der Waals surface area contributed by atoms with E-state index in [1.54, 1.807) is 18.2 Å². The molecule has 1 aromatic heterocycles. The number of amides is 1. The number of aryl methyl sites for hydroxylation is 1. The van der Waals surface area contributed by atoms with Crippen molar-refractivity contribution >= 4 is 33.4 Å². The molecule has 0 radical (unpaired) electrons. The Balaban J connectivity index is 1.56. The minimum Gasteiger partial charge on any atom is -0.379 e. The van der Waals surface area contributed by atoms with Crippen molar-refractivity contribution in [2.45, 2.75) is 31.6 Å². The van der Waals surface area contributed by atoms with Crippen LogP contribution < -0.4 is 10.2 Å². The number of halogens is 1. The first-order chi connectivity index (χ1) is 19.7. The first-order valence-electron chi connectivity index (χ1n) is 13.5. The van der Waals surface area contributed by atoms with Gasteiger partial charge in [0, 0.05) is 37.6 Å². The fourth-order valence-electron chi connectivity index (χ4n) is 5.37. The van der Waals surface area contributed by atoms with Crippen LogP contribution in [-0.4, -0.2) is 62.6 Å². The molecule has 11 heteroatoms. The molecule has 0 spiro atoms. The minimum absolute atomic E-state index is 0.0160. The monoisotopic (exact) mass is 577 g/mol. The van der Waals surface area contributed by atoms with Gasteiger partial charge >= 0.3 is 0 Å². The van der Waals surface area contributed by atoms with Gasteiger partial charge in [0.1, 0.15) is 17.5 Å². The number of nitriles is 1. The second-order valence-corrected chi connectivity index (χ2v) is 12.1. The van der Waals surface area contributed by atoms with Crippen molar-refractivity contribution in [2.75, 3.05) is 49.6 Å². The maximum absolute atomic E-state index is 14.1. The summed E-state index contributed by atoms with van der Waals surface area (Å²) in [6, 6.07) is 14.8. The molecule has 1 N–H and O–H groups in total. The van der Waals surface area contributed by atoms with Gasteiger partial charge in [0.2, 0.25) is 10.0 Å². The summed E-state index contributed by atoms with van der Waals surface area (Å²) in [5.74, 6) is -1.32. The van der Waals surface area contributed by atoms with Crippen LogP contribution in [0.25, 0.3) is 11.8 Å². The summed E-state index contributed by atoms with van der Waals surface area (Å²) < 4.78 is 49.9. The normalized spacial score (nSPS) is 16.5. The molecule has 2 aromatic carbocycles. The number of nitrogens with one attached hydrogen (secondary N) is 1.